The lowest BCUT2D eigenvalue weighted by molar-refractivity contribution is 0.0628. The second-order valence-electron chi connectivity index (χ2n) is 8.51. The van der Waals surface area contributed by atoms with Crippen molar-refractivity contribution in [3.05, 3.63) is 59.2 Å². The van der Waals surface area contributed by atoms with Crippen LogP contribution in [-0.2, 0) is 17.8 Å². The minimum Gasteiger partial charge on any atom is -0.454 e. The van der Waals surface area contributed by atoms with Gasteiger partial charge in [0.1, 0.15) is 11.7 Å². The molecule has 5 rings (SSSR count). The van der Waals surface area contributed by atoms with E-state index in [4.69, 9.17) is 14.2 Å². The first-order chi connectivity index (χ1) is 17.1. The summed E-state index contributed by atoms with van der Waals surface area (Å²) in [5.74, 6) is 2.56. The lowest BCUT2D eigenvalue weighted by Crippen LogP contribution is -2.48. The van der Waals surface area contributed by atoms with Gasteiger partial charge in [0, 0.05) is 57.1 Å². The third kappa shape index (κ3) is 6.07. The Labute approximate surface area is 208 Å². The number of benzene rings is 2. The molecule has 10 heteroatoms. The van der Waals surface area contributed by atoms with Crippen LogP contribution in [0.25, 0.3) is 0 Å². The van der Waals surface area contributed by atoms with Crippen LogP contribution >= 0.6 is 11.8 Å². The molecule has 1 fully saturated rings. The normalized spacial score (nSPS) is 17.3. The number of piperazine rings is 1. The van der Waals surface area contributed by atoms with E-state index in [1.807, 2.05) is 41.3 Å². The van der Waals surface area contributed by atoms with Crippen molar-refractivity contribution in [2.75, 3.05) is 51.9 Å². The first-order valence-electron chi connectivity index (χ1n) is 11.7. The quantitative estimate of drug-likeness (QED) is 0.630. The molecular weight excluding hydrogens is 468 g/mol. The number of hydrogen-bond acceptors (Lipinski definition) is 8. The number of ether oxygens (including phenoxy) is 3. The average Bonchev–Trinajstić information content (AvgIpc) is 3.58. The zero-order valence-electron chi connectivity index (χ0n) is 19.4. The smallest absolute Gasteiger partial charge is 0.407 e. The molecule has 3 heterocycles. The summed E-state index contributed by atoms with van der Waals surface area (Å²) in [5, 5.41) is 3.59. The summed E-state index contributed by atoms with van der Waals surface area (Å²) in [5.41, 5.74) is 2.73. The standard InChI is InChI=1S/C25H28N4O5S/c30-24(20-4-1-18(2-5-20)14-27-25(31)32-16-23-26-7-12-35-23)29-10-8-28(9-11-29)15-19-3-6-21-22(13-19)34-17-33-21/h1-6,13H,7-12,14-17H2,(H,27,31). The highest BCUT2D eigenvalue weighted by molar-refractivity contribution is 8.14. The van der Waals surface area contributed by atoms with Crippen LogP contribution in [0.3, 0.4) is 0 Å². The number of rotatable bonds is 7. The van der Waals surface area contributed by atoms with E-state index < -0.39 is 6.09 Å². The number of carbonyl (C=O) groups is 2. The van der Waals surface area contributed by atoms with Crippen LogP contribution in [0, 0.1) is 0 Å². The van der Waals surface area contributed by atoms with E-state index >= 15 is 0 Å². The number of fused-ring (bicyclic) bond motifs is 1. The van der Waals surface area contributed by atoms with Gasteiger partial charge in [0.05, 0.1) is 0 Å². The van der Waals surface area contributed by atoms with Gasteiger partial charge in [-0.3, -0.25) is 14.7 Å². The van der Waals surface area contributed by atoms with Gasteiger partial charge in [0.15, 0.2) is 11.5 Å². The van der Waals surface area contributed by atoms with Gasteiger partial charge in [-0.15, -0.1) is 11.8 Å². The van der Waals surface area contributed by atoms with Gasteiger partial charge in [0.25, 0.3) is 5.91 Å². The molecule has 0 bridgehead atoms. The lowest BCUT2D eigenvalue weighted by atomic mass is 10.1. The summed E-state index contributed by atoms with van der Waals surface area (Å²) < 4.78 is 16.0. The van der Waals surface area contributed by atoms with Gasteiger partial charge in [-0.1, -0.05) is 18.2 Å². The molecule has 1 N–H and O–H groups in total. The van der Waals surface area contributed by atoms with Crippen LogP contribution in [0.2, 0.25) is 0 Å². The highest BCUT2D eigenvalue weighted by Crippen LogP contribution is 2.32. The second kappa shape index (κ2) is 11.0. The SMILES string of the molecule is O=C(NCc1ccc(C(=O)N2CCN(Cc3ccc4c(c3)OCO4)CC2)cc1)OCC1=NCCS1. The third-order valence-electron chi connectivity index (χ3n) is 6.12. The molecule has 1 saturated heterocycles. The Hall–Kier alpha value is -3.24. The molecule has 0 atom stereocenters. The molecule has 0 spiro atoms. The molecular formula is C25H28N4O5S. The molecule has 3 aliphatic rings. The van der Waals surface area contributed by atoms with Gasteiger partial charge in [0.2, 0.25) is 6.79 Å². The van der Waals surface area contributed by atoms with E-state index in [9.17, 15) is 9.59 Å². The summed E-state index contributed by atoms with van der Waals surface area (Å²) in [6.45, 7) is 5.43. The predicted molar refractivity (Wildman–Crippen MR) is 133 cm³/mol. The van der Waals surface area contributed by atoms with E-state index in [0.29, 0.717) is 25.2 Å². The van der Waals surface area contributed by atoms with Crippen molar-refractivity contribution in [2.45, 2.75) is 13.1 Å². The van der Waals surface area contributed by atoms with Crippen molar-refractivity contribution in [1.82, 2.24) is 15.1 Å². The summed E-state index contributed by atoms with van der Waals surface area (Å²) >= 11 is 1.62. The van der Waals surface area contributed by atoms with Gasteiger partial charge in [-0.05, 0) is 35.4 Å². The van der Waals surface area contributed by atoms with E-state index in [1.165, 1.54) is 5.56 Å². The first kappa shape index (κ1) is 23.5. The Kier molecular flexibility index (Phi) is 7.39. The number of carbonyl (C=O) groups excluding carboxylic acids is 2. The van der Waals surface area contributed by atoms with Gasteiger partial charge >= 0.3 is 6.09 Å². The van der Waals surface area contributed by atoms with E-state index in [0.717, 1.165) is 54.0 Å². The van der Waals surface area contributed by atoms with Crippen molar-refractivity contribution in [3.63, 3.8) is 0 Å². The highest BCUT2D eigenvalue weighted by atomic mass is 32.2. The fourth-order valence-electron chi connectivity index (χ4n) is 4.17. The van der Waals surface area contributed by atoms with Gasteiger partial charge in [-0.25, -0.2) is 4.79 Å². The minimum absolute atomic E-state index is 0.0292. The summed E-state index contributed by atoms with van der Waals surface area (Å²) in [4.78, 5) is 33.3. The van der Waals surface area contributed by atoms with E-state index in [2.05, 4.69) is 21.3 Å². The average molecular weight is 497 g/mol. The number of nitrogens with zero attached hydrogens (tertiary/aromatic N) is 3. The van der Waals surface area contributed by atoms with Crippen molar-refractivity contribution < 1.29 is 23.8 Å². The molecule has 2 aromatic rings. The summed E-state index contributed by atoms with van der Waals surface area (Å²) in [7, 11) is 0. The molecule has 0 aromatic heterocycles. The molecule has 0 aliphatic carbocycles. The molecule has 184 valence electrons. The number of hydrogen-bond donors (Lipinski definition) is 1. The maximum atomic E-state index is 13.0. The fourth-order valence-corrected chi connectivity index (χ4v) is 4.92. The minimum atomic E-state index is -0.473. The Morgan fingerprint density at radius 3 is 2.54 bits per heavy atom. The van der Waals surface area contributed by atoms with Crippen LogP contribution < -0.4 is 14.8 Å². The van der Waals surface area contributed by atoms with Crippen molar-refractivity contribution in [1.29, 1.82) is 0 Å². The van der Waals surface area contributed by atoms with E-state index in [-0.39, 0.29) is 19.3 Å². The topological polar surface area (TPSA) is 92.7 Å². The van der Waals surface area contributed by atoms with Crippen molar-refractivity contribution in [2.24, 2.45) is 4.99 Å². The zero-order valence-corrected chi connectivity index (χ0v) is 20.2. The predicted octanol–water partition coefficient (Wildman–Crippen LogP) is 2.74. The zero-order chi connectivity index (χ0) is 24.0. The van der Waals surface area contributed by atoms with Crippen LogP contribution in [0.4, 0.5) is 4.79 Å². The molecule has 2 amide bonds. The van der Waals surface area contributed by atoms with Crippen molar-refractivity contribution in [3.8, 4) is 11.5 Å². The highest BCUT2D eigenvalue weighted by Gasteiger charge is 2.23. The maximum Gasteiger partial charge on any atom is 0.407 e. The monoisotopic (exact) mass is 496 g/mol. The van der Waals surface area contributed by atoms with Crippen LogP contribution in [0.5, 0.6) is 11.5 Å². The number of nitrogens with one attached hydrogen (secondary N) is 1. The number of thioether (sulfide) groups is 1. The van der Waals surface area contributed by atoms with E-state index in [1.54, 1.807) is 11.8 Å². The Morgan fingerprint density at radius 2 is 1.77 bits per heavy atom. The van der Waals surface area contributed by atoms with Gasteiger partial charge < -0.3 is 24.4 Å². The molecule has 0 unspecified atom stereocenters. The summed E-state index contributed by atoms with van der Waals surface area (Å²) in [6, 6.07) is 13.4. The largest absolute Gasteiger partial charge is 0.454 e. The molecule has 9 nitrogen and oxygen atoms in total. The van der Waals surface area contributed by atoms with Crippen LogP contribution in [-0.4, -0.2) is 78.7 Å². The Balaban J connectivity index is 1.05. The number of aliphatic imine (C=N–C) groups is 1. The van der Waals surface area contributed by atoms with Crippen LogP contribution in [0.15, 0.2) is 47.5 Å². The molecule has 3 aliphatic heterocycles. The van der Waals surface area contributed by atoms with Crippen molar-refractivity contribution >= 4 is 28.8 Å². The van der Waals surface area contributed by atoms with Gasteiger partial charge in [-0.2, -0.15) is 0 Å². The fraction of sp³-hybridized carbons (Fsp3) is 0.400. The summed E-state index contributed by atoms with van der Waals surface area (Å²) in [6.07, 6.45) is -0.473. The molecule has 35 heavy (non-hydrogen) atoms. The molecule has 2 aromatic carbocycles. The maximum absolute atomic E-state index is 13.0. The Bertz CT molecular complexity index is 1100. The molecule has 0 radical (unpaired) electrons. The van der Waals surface area contributed by atoms with Crippen LogP contribution in [0.1, 0.15) is 21.5 Å². The lowest BCUT2D eigenvalue weighted by Gasteiger charge is -2.34. The number of alkyl carbamates (subject to hydrolysis) is 1. The molecule has 0 saturated carbocycles. The first-order valence-corrected chi connectivity index (χ1v) is 12.7. The second-order valence-corrected chi connectivity index (χ2v) is 9.67. The number of amides is 2. The Morgan fingerprint density at radius 1 is 1.00 bits per heavy atom. The third-order valence-corrected chi connectivity index (χ3v) is 7.08.